The largest absolute Gasteiger partial charge is 0.480 e. The van der Waals surface area contributed by atoms with Crippen molar-refractivity contribution >= 4 is 36.3 Å². The summed E-state index contributed by atoms with van der Waals surface area (Å²) in [6.45, 7) is -0.427. The summed E-state index contributed by atoms with van der Waals surface area (Å²) < 4.78 is 0. The number of hydrogen-bond acceptors (Lipinski definition) is 5. The van der Waals surface area contributed by atoms with Gasteiger partial charge in [0.05, 0.1) is 13.1 Å². The van der Waals surface area contributed by atoms with Crippen molar-refractivity contribution in [2.75, 3.05) is 31.9 Å². The number of likely N-dealkylation sites (tertiary alicyclic amines) is 1. The first-order chi connectivity index (χ1) is 9.42. The molecule has 1 aliphatic rings. The second kappa shape index (κ2) is 7.73. The molecule has 0 bridgehead atoms. The number of nitrogens with zero attached hydrogens (tertiary/aromatic N) is 1. The zero-order valence-corrected chi connectivity index (χ0v) is 11.7. The zero-order valence-electron chi connectivity index (χ0n) is 10.8. The summed E-state index contributed by atoms with van der Waals surface area (Å²) in [6, 6.07) is 0. The van der Waals surface area contributed by atoms with Gasteiger partial charge in [0.1, 0.15) is 6.54 Å². The van der Waals surface area contributed by atoms with Gasteiger partial charge < -0.3 is 20.6 Å². The van der Waals surface area contributed by atoms with Crippen molar-refractivity contribution in [2.24, 2.45) is 5.92 Å². The lowest BCUT2D eigenvalue weighted by Gasteiger charge is -2.15. The maximum atomic E-state index is 11.6. The highest BCUT2D eigenvalue weighted by Crippen LogP contribution is 2.17. The minimum Gasteiger partial charge on any atom is -0.480 e. The Labute approximate surface area is 121 Å². The Kier molecular flexibility index (Phi) is 6.29. The predicted molar refractivity (Wildman–Crippen MR) is 72.2 cm³/mol. The topological polar surface area (TPSA) is 116 Å². The Balaban J connectivity index is 2.25. The molecule has 9 heteroatoms. The molecule has 0 aromatic rings. The minimum absolute atomic E-state index is 0.102. The van der Waals surface area contributed by atoms with Crippen LogP contribution in [0.25, 0.3) is 0 Å². The Morgan fingerprint density at radius 1 is 1.25 bits per heavy atom. The van der Waals surface area contributed by atoms with E-state index in [2.05, 4.69) is 23.3 Å². The fourth-order valence-corrected chi connectivity index (χ4v) is 2.02. The first-order valence-corrected chi connectivity index (χ1v) is 6.69. The first kappa shape index (κ1) is 16.3. The second-order valence-corrected chi connectivity index (χ2v) is 4.84. The summed E-state index contributed by atoms with van der Waals surface area (Å²) in [4.78, 5) is 45.9. The second-order valence-electron chi connectivity index (χ2n) is 4.47. The van der Waals surface area contributed by atoms with Crippen molar-refractivity contribution in [3.8, 4) is 0 Å². The summed E-state index contributed by atoms with van der Waals surface area (Å²) in [5.74, 6) is -1.58. The first-order valence-electron chi connectivity index (χ1n) is 6.06. The van der Waals surface area contributed by atoms with Crippen molar-refractivity contribution in [2.45, 2.75) is 6.42 Å². The zero-order chi connectivity index (χ0) is 15.1. The molecule has 0 spiro atoms. The van der Waals surface area contributed by atoms with Crippen LogP contribution in [0.2, 0.25) is 0 Å². The number of aliphatic carboxylic acids is 1. The quantitative estimate of drug-likeness (QED) is 0.409. The summed E-state index contributed by atoms with van der Waals surface area (Å²) in [5.41, 5.74) is 0. The van der Waals surface area contributed by atoms with E-state index in [0.29, 0.717) is 18.7 Å². The van der Waals surface area contributed by atoms with Crippen molar-refractivity contribution in [3.05, 3.63) is 0 Å². The Morgan fingerprint density at radius 3 is 2.45 bits per heavy atom. The molecule has 0 saturated carbocycles. The average molecular weight is 303 g/mol. The molecular formula is C11H17N3O5S. The highest BCUT2D eigenvalue weighted by atomic mass is 32.1. The van der Waals surface area contributed by atoms with Gasteiger partial charge in [-0.3, -0.25) is 19.2 Å². The number of hydrogen-bond donors (Lipinski definition) is 4. The number of carbonyl (C=O) groups is 4. The summed E-state index contributed by atoms with van der Waals surface area (Å²) >= 11 is 4.12. The van der Waals surface area contributed by atoms with Crippen molar-refractivity contribution in [1.29, 1.82) is 0 Å². The van der Waals surface area contributed by atoms with Crippen LogP contribution in [0.3, 0.4) is 0 Å². The van der Waals surface area contributed by atoms with Crippen LogP contribution in [-0.2, 0) is 19.2 Å². The number of amides is 3. The highest BCUT2D eigenvalue weighted by Gasteiger charge is 2.29. The molecule has 0 aromatic heterocycles. The summed E-state index contributed by atoms with van der Waals surface area (Å²) in [7, 11) is 0. The molecule has 0 aliphatic carbocycles. The van der Waals surface area contributed by atoms with Gasteiger partial charge in [-0.15, -0.1) is 0 Å². The number of nitrogens with one attached hydrogen (secondary N) is 2. The van der Waals surface area contributed by atoms with Gasteiger partial charge in [-0.05, 0) is 11.7 Å². The molecule has 112 valence electrons. The third-order valence-corrected chi connectivity index (χ3v) is 3.29. The van der Waals surface area contributed by atoms with Crippen LogP contribution in [-0.4, -0.2) is 65.6 Å². The van der Waals surface area contributed by atoms with Crippen LogP contribution in [0.5, 0.6) is 0 Å². The molecule has 1 saturated heterocycles. The van der Waals surface area contributed by atoms with Gasteiger partial charge in [0.25, 0.3) is 0 Å². The molecule has 1 aliphatic heterocycles. The van der Waals surface area contributed by atoms with Crippen LogP contribution in [0.15, 0.2) is 0 Å². The van der Waals surface area contributed by atoms with Gasteiger partial charge in [0.2, 0.25) is 17.7 Å². The SMILES string of the molecule is O=C(O)CNC(=O)CNC(=O)CN1CC(CS)CC1=O. The fourth-order valence-electron chi connectivity index (χ4n) is 1.77. The van der Waals surface area contributed by atoms with E-state index in [9.17, 15) is 19.2 Å². The third-order valence-electron chi connectivity index (χ3n) is 2.77. The standard InChI is InChI=1S/C11H17N3O5S/c15-8(13-3-11(18)19)2-12-9(16)5-14-4-7(6-20)1-10(14)17/h7,20H,1-6H2,(H,12,16)(H,13,15)(H,18,19). The Bertz CT molecular complexity index is 415. The molecule has 1 unspecified atom stereocenters. The monoisotopic (exact) mass is 303 g/mol. The highest BCUT2D eigenvalue weighted by molar-refractivity contribution is 7.80. The van der Waals surface area contributed by atoms with E-state index in [-0.39, 0.29) is 24.9 Å². The predicted octanol–water partition coefficient (Wildman–Crippen LogP) is -1.92. The molecule has 0 aromatic carbocycles. The lowest BCUT2D eigenvalue weighted by atomic mass is 10.1. The van der Waals surface area contributed by atoms with Gasteiger partial charge in [-0.1, -0.05) is 0 Å². The van der Waals surface area contributed by atoms with Crippen LogP contribution in [0.1, 0.15) is 6.42 Å². The Morgan fingerprint density at radius 2 is 1.90 bits per heavy atom. The third kappa shape index (κ3) is 5.47. The molecule has 0 radical (unpaired) electrons. The molecule has 3 amide bonds. The molecule has 1 atom stereocenters. The molecule has 20 heavy (non-hydrogen) atoms. The van der Waals surface area contributed by atoms with E-state index in [4.69, 9.17) is 5.11 Å². The lowest BCUT2D eigenvalue weighted by molar-refractivity contribution is -0.138. The number of thiol groups is 1. The van der Waals surface area contributed by atoms with Crippen molar-refractivity contribution in [3.63, 3.8) is 0 Å². The molecular weight excluding hydrogens is 286 g/mol. The van der Waals surface area contributed by atoms with Gasteiger partial charge in [-0.25, -0.2) is 0 Å². The van der Waals surface area contributed by atoms with Crippen LogP contribution in [0, 0.1) is 5.92 Å². The average Bonchev–Trinajstić information content (AvgIpc) is 2.74. The fraction of sp³-hybridized carbons (Fsp3) is 0.636. The maximum absolute atomic E-state index is 11.6. The molecule has 1 heterocycles. The van der Waals surface area contributed by atoms with Crippen LogP contribution in [0.4, 0.5) is 0 Å². The van der Waals surface area contributed by atoms with E-state index in [1.54, 1.807) is 0 Å². The minimum atomic E-state index is -1.16. The maximum Gasteiger partial charge on any atom is 0.322 e. The number of carbonyl (C=O) groups excluding carboxylic acids is 3. The number of carboxylic acids is 1. The Hall–Kier alpha value is -1.77. The number of carboxylic acid groups (broad SMARTS) is 1. The summed E-state index contributed by atoms with van der Waals surface area (Å²) in [5, 5.41) is 12.8. The molecule has 3 N–H and O–H groups in total. The van der Waals surface area contributed by atoms with E-state index < -0.39 is 24.3 Å². The van der Waals surface area contributed by atoms with Gasteiger partial charge in [0, 0.05) is 13.0 Å². The van der Waals surface area contributed by atoms with Gasteiger partial charge >= 0.3 is 5.97 Å². The smallest absolute Gasteiger partial charge is 0.322 e. The van der Waals surface area contributed by atoms with Crippen molar-refractivity contribution in [1.82, 2.24) is 15.5 Å². The lowest BCUT2D eigenvalue weighted by Crippen LogP contribution is -2.43. The van der Waals surface area contributed by atoms with Crippen molar-refractivity contribution < 1.29 is 24.3 Å². The molecule has 1 fully saturated rings. The van der Waals surface area contributed by atoms with Crippen LogP contribution >= 0.6 is 12.6 Å². The number of rotatable bonds is 7. The normalized spacial score (nSPS) is 17.9. The van der Waals surface area contributed by atoms with E-state index >= 15 is 0 Å². The van der Waals surface area contributed by atoms with Gasteiger partial charge in [-0.2, -0.15) is 12.6 Å². The van der Waals surface area contributed by atoms with E-state index in [0.717, 1.165) is 0 Å². The van der Waals surface area contributed by atoms with E-state index in [1.165, 1.54) is 4.90 Å². The van der Waals surface area contributed by atoms with E-state index in [1.807, 2.05) is 0 Å². The molecule has 1 rings (SSSR count). The van der Waals surface area contributed by atoms with Crippen LogP contribution < -0.4 is 10.6 Å². The summed E-state index contributed by atoms with van der Waals surface area (Å²) in [6.07, 6.45) is 0.385. The molecule has 8 nitrogen and oxygen atoms in total. The van der Waals surface area contributed by atoms with Gasteiger partial charge in [0.15, 0.2) is 0 Å².